The van der Waals surface area contributed by atoms with E-state index in [1.807, 2.05) is 0 Å². The molecule has 5 nitrogen and oxygen atoms in total. The van der Waals surface area contributed by atoms with E-state index < -0.39 is 0 Å². The van der Waals surface area contributed by atoms with Crippen molar-refractivity contribution < 1.29 is 4.79 Å². The summed E-state index contributed by atoms with van der Waals surface area (Å²) in [7, 11) is 1.71. The molecule has 3 N–H and O–H groups in total. The van der Waals surface area contributed by atoms with Crippen LogP contribution < -0.4 is 11.1 Å². The number of amides is 1. The molecular formula is C12H13ClN4O. The number of carbonyl (C=O) groups is 1. The van der Waals surface area contributed by atoms with Crippen molar-refractivity contribution in [3.63, 3.8) is 0 Å². The van der Waals surface area contributed by atoms with E-state index in [1.165, 1.54) is 4.68 Å². The number of carbonyl (C=O) groups excluding carboxylic acids is 1. The van der Waals surface area contributed by atoms with Crippen molar-refractivity contribution in [2.45, 2.75) is 6.92 Å². The van der Waals surface area contributed by atoms with E-state index >= 15 is 0 Å². The Labute approximate surface area is 110 Å². The summed E-state index contributed by atoms with van der Waals surface area (Å²) < 4.78 is 1.53. The Kier molecular flexibility index (Phi) is 3.25. The number of aromatic nitrogens is 2. The Balaban J connectivity index is 2.30. The van der Waals surface area contributed by atoms with Crippen LogP contribution >= 0.6 is 11.6 Å². The highest BCUT2D eigenvalue weighted by atomic mass is 35.5. The maximum atomic E-state index is 12.1. The Morgan fingerprint density at radius 3 is 2.67 bits per heavy atom. The zero-order valence-electron chi connectivity index (χ0n) is 10.1. The van der Waals surface area contributed by atoms with E-state index in [4.69, 9.17) is 17.3 Å². The van der Waals surface area contributed by atoms with E-state index in [2.05, 4.69) is 10.4 Å². The van der Waals surface area contributed by atoms with Crippen LogP contribution in [0.3, 0.4) is 0 Å². The van der Waals surface area contributed by atoms with Gasteiger partial charge in [0.25, 0.3) is 5.91 Å². The second-order valence-electron chi connectivity index (χ2n) is 3.91. The van der Waals surface area contributed by atoms with Crippen LogP contribution in [0.25, 0.3) is 0 Å². The highest BCUT2D eigenvalue weighted by Crippen LogP contribution is 2.23. The molecule has 0 aliphatic heterocycles. The van der Waals surface area contributed by atoms with Crippen LogP contribution in [0, 0.1) is 6.92 Å². The highest BCUT2D eigenvalue weighted by molar-refractivity contribution is 6.34. The number of aryl methyl sites for hydroxylation is 2. The average Bonchev–Trinajstić information content (AvgIpc) is 2.56. The fourth-order valence-electron chi connectivity index (χ4n) is 1.64. The summed E-state index contributed by atoms with van der Waals surface area (Å²) in [5.41, 5.74) is 7.37. The molecule has 1 aromatic heterocycles. The van der Waals surface area contributed by atoms with Gasteiger partial charge in [0.05, 0.1) is 22.0 Å². The third kappa shape index (κ3) is 2.17. The summed E-state index contributed by atoms with van der Waals surface area (Å²) in [5, 5.41) is 7.23. The molecule has 0 radical (unpaired) electrons. The van der Waals surface area contributed by atoms with Crippen LogP contribution in [0.15, 0.2) is 24.3 Å². The molecule has 6 heteroatoms. The summed E-state index contributed by atoms with van der Waals surface area (Å²) >= 11 is 5.96. The SMILES string of the molecule is Cc1nn(C)c(NC(=O)c2ccccc2Cl)c1N. The quantitative estimate of drug-likeness (QED) is 0.873. The topological polar surface area (TPSA) is 72.9 Å². The Morgan fingerprint density at radius 2 is 2.11 bits per heavy atom. The third-order valence-electron chi connectivity index (χ3n) is 2.62. The zero-order chi connectivity index (χ0) is 13.3. The third-order valence-corrected chi connectivity index (χ3v) is 2.95. The Morgan fingerprint density at radius 1 is 1.44 bits per heavy atom. The summed E-state index contributed by atoms with van der Waals surface area (Å²) in [6.45, 7) is 1.78. The number of nitrogen functional groups attached to an aromatic ring is 1. The summed E-state index contributed by atoms with van der Waals surface area (Å²) in [6.07, 6.45) is 0. The number of anilines is 2. The van der Waals surface area contributed by atoms with E-state index in [-0.39, 0.29) is 5.91 Å². The molecule has 0 saturated heterocycles. The molecule has 18 heavy (non-hydrogen) atoms. The summed E-state index contributed by atoms with van der Waals surface area (Å²) in [5.74, 6) is 0.160. The first kappa shape index (κ1) is 12.4. The molecule has 1 heterocycles. The van der Waals surface area contributed by atoms with Gasteiger partial charge in [0.1, 0.15) is 0 Å². The Bertz CT molecular complexity index is 606. The van der Waals surface area contributed by atoms with Gasteiger partial charge in [0, 0.05) is 7.05 Å². The van der Waals surface area contributed by atoms with E-state index in [9.17, 15) is 4.79 Å². The minimum atomic E-state index is -0.310. The van der Waals surface area contributed by atoms with Crippen LogP contribution in [0.2, 0.25) is 5.02 Å². The second-order valence-corrected chi connectivity index (χ2v) is 4.31. The van der Waals surface area contributed by atoms with Crippen LogP contribution in [-0.4, -0.2) is 15.7 Å². The lowest BCUT2D eigenvalue weighted by molar-refractivity contribution is 0.102. The van der Waals surface area contributed by atoms with Gasteiger partial charge in [-0.05, 0) is 19.1 Å². The molecule has 0 bridgehead atoms. The van der Waals surface area contributed by atoms with Crippen molar-refractivity contribution in [3.05, 3.63) is 40.5 Å². The molecule has 0 saturated carbocycles. The molecular weight excluding hydrogens is 252 g/mol. The number of nitrogens with one attached hydrogen (secondary N) is 1. The van der Waals surface area contributed by atoms with Crippen molar-refractivity contribution >= 4 is 29.0 Å². The van der Waals surface area contributed by atoms with Gasteiger partial charge in [-0.3, -0.25) is 9.48 Å². The smallest absolute Gasteiger partial charge is 0.258 e. The molecule has 2 aromatic rings. The fraction of sp³-hybridized carbons (Fsp3) is 0.167. The summed E-state index contributed by atoms with van der Waals surface area (Å²) in [6, 6.07) is 6.83. The van der Waals surface area contributed by atoms with E-state index in [0.717, 1.165) is 0 Å². The average molecular weight is 265 g/mol. The van der Waals surface area contributed by atoms with E-state index in [0.29, 0.717) is 27.8 Å². The van der Waals surface area contributed by atoms with Gasteiger partial charge in [-0.1, -0.05) is 23.7 Å². The first-order valence-corrected chi connectivity index (χ1v) is 5.73. The predicted molar refractivity (Wildman–Crippen MR) is 71.8 cm³/mol. The summed E-state index contributed by atoms with van der Waals surface area (Å²) in [4.78, 5) is 12.1. The highest BCUT2D eigenvalue weighted by Gasteiger charge is 2.15. The lowest BCUT2D eigenvalue weighted by Crippen LogP contribution is -2.16. The maximum Gasteiger partial charge on any atom is 0.258 e. The molecule has 0 fully saturated rings. The molecule has 1 amide bonds. The number of benzene rings is 1. The Hall–Kier alpha value is -2.01. The number of nitrogens with two attached hydrogens (primary N) is 1. The van der Waals surface area contributed by atoms with Crippen molar-refractivity contribution in [2.75, 3.05) is 11.1 Å². The van der Waals surface area contributed by atoms with Gasteiger partial charge in [-0.15, -0.1) is 0 Å². The lowest BCUT2D eigenvalue weighted by atomic mass is 10.2. The van der Waals surface area contributed by atoms with Gasteiger partial charge >= 0.3 is 0 Å². The molecule has 1 aromatic carbocycles. The van der Waals surface area contributed by atoms with Crippen LogP contribution in [-0.2, 0) is 7.05 Å². The van der Waals surface area contributed by atoms with Gasteiger partial charge in [0.2, 0.25) is 0 Å². The van der Waals surface area contributed by atoms with Crippen LogP contribution in [0.4, 0.5) is 11.5 Å². The zero-order valence-corrected chi connectivity index (χ0v) is 10.8. The van der Waals surface area contributed by atoms with Gasteiger partial charge < -0.3 is 11.1 Å². The van der Waals surface area contributed by atoms with Crippen molar-refractivity contribution in [1.82, 2.24) is 9.78 Å². The number of halogens is 1. The van der Waals surface area contributed by atoms with E-state index in [1.54, 1.807) is 38.2 Å². The molecule has 0 aliphatic rings. The van der Waals surface area contributed by atoms with Crippen LogP contribution in [0.5, 0.6) is 0 Å². The molecule has 94 valence electrons. The normalized spacial score (nSPS) is 10.4. The second kappa shape index (κ2) is 4.70. The molecule has 0 atom stereocenters. The van der Waals surface area contributed by atoms with Gasteiger partial charge in [-0.25, -0.2) is 0 Å². The fourth-order valence-corrected chi connectivity index (χ4v) is 1.86. The first-order chi connectivity index (χ1) is 8.50. The van der Waals surface area contributed by atoms with Crippen molar-refractivity contribution in [2.24, 2.45) is 7.05 Å². The standard InChI is InChI=1S/C12H13ClN4O/c1-7-10(14)11(17(2)16-7)15-12(18)8-5-3-4-6-9(8)13/h3-6H,14H2,1-2H3,(H,15,18). The number of hydrogen-bond donors (Lipinski definition) is 2. The number of hydrogen-bond acceptors (Lipinski definition) is 3. The minimum absolute atomic E-state index is 0.310. The molecule has 0 unspecified atom stereocenters. The molecule has 2 rings (SSSR count). The van der Waals surface area contributed by atoms with Crippen LogP contribution in [0.1, 0.15) is 16.1 Å². The monoisotopic (exact) mass is 264 g/mol. The number of nitrogens with zero attached hydrogens (tertiary/aromatic N) is 2. The minimum Gasteiger partial charge on any atom is -0.394 e. The van der Waals surface area contributed by atoms with Gasteiger partial charge in [0.15, 0.2) is 5.82 Å². The predicted octanol–water partition coefficient (Wildman–Crippen LogP) is 2.22. The van der Waals surface area contributed by atoms with Crippen molar-refractivity contribution in [3.8, 4) is 0 Å². The molecule has 0 aliphatic carbocycles. The molecule has 0 spiro atoms. The van der Waals surface area contributed by atoms with Crippen molar-refractivity contribution in [1.29, 1.82) is 0 Å². The van der Waals surface area contributed by atoms with Gasteiger partial charge in [-0.2, -0.15) is 5.10 Å². The number of rotatable bonds is 2. The lowest BCUT2D eigenvalue weighted by Gasteiger charge is -2.07. The largest absolute Gasteiger partial charge is 0.394 e. The maximum absolute atomic E-state index is 12.1. The first-order valence-electron chi connectivity index (χ1n) is 5.35.